The molecule has 0 spiro atoms. The molecule has 2 aliphatic rings. The summed E-state index contributed by atoms with van der Waals surface area (Å²) in [7, 11) is 0. The van der Waals surface area contributed by atoms with Crippen LogP contribution in [-0.2, 0) is 14.4 Å². The van der Waals surface area contributed by atoms with Crippen LogP contribution in [0.15, 0.2) is 83.9 Å². The third kappa shape index (κ3) is 5.55. The first-order valence-electron chi connectivity index (χ1n) is 13.3. The van der Waals surface area contributed by atoms with Gasteiger partial charge in [0.2, 0.25) is 6.17 Å². The van der Waals surface area contributed by atoms with Gasteiger partial charge in [-0.25, -0.2) is 9.79 Å². The number of benzene rings is 3. The predicted octanol–water partition coefficient (Wildman–Crippen LogP) is 3.61. The highest BCUT2D eigenvalue weighted by Crippen LogP contribution is 2.31. The van der Waals surface area contributed by atoms with Gasteiger partial charge in [-0.2, -0.15) is 0 Å². The van der Waals surface area contributed by atoms with E-state index in [1.807, 2.05) is 49.4 Å². The molecule has 1 saturated heterocycles. The van der Waals surface area contributed by atoms with E-state index in [0.717, 1.165) is 17.5 Å². The van der Waals surface area contributed by atoms with E-state index in [9.17, 15) is 19.2 Å². The fraction of sp³-hybridized carbons (Fsp3) is 0.258. The van der Waals surface area contributed by atoms with Crippen molar-refractivity contribution < 1.29 is 19.2 Å². The number of hydrogen-bond donors (Lipinski definition) is 3. The number of rotatable bonds is 7. The number of Topliss-reactive ketones (excluding diaryl/α,β-unsaturated/α-hetero) is 2. The third-order valence-corrected chi connectivity index (χ3v) is 7.06. The minimum absolute atomic E-state index is 0.376. The minimum Gasteiger partial charge on any atom is -0.308 e. The van der Waals surface area contributed by atoms with Crippen molar-refractivity contribution in [3.8, 4) is 0 Å². The molecule has 3 atom stereocenters. The second-order valence-electron chi connectivity index (χ2n) is 10.0. The normalized spacial score (nSPS) is 19.2. The topological polar surface area (TPSA) is 120 Å². The lowest BCUT2D eigenvalue weighted by Gasteiger charge is -2.32. The molecule has 9 nitrogen and oxygen atoms in total. The molecule has 2 aliphatic heterocycles. The van der Waals surface area contributed by atoms with Gasteiger partial charge in [0, 0.05) is 16.8 Å². The van der Waals surface area contributed by atoms with Crippen molar-refractivity contribution in [1.29, 1.82) is 0 Å². The van der Waals surface area contributed by atoms with Crippen molar-refractivity contribution in [2.75, 3.05) is 16.8 Å². The maximum absolute atomic E-state index is 14.2. The molecule has 0 aliphatic carbocycles. The number of aliphatic imine (C=N–C) groups is 1. The van der Waals surface area contributed by atoms with Gasteiger partial charge in [-0.15, -0.1) is 0 Å². The lowest BCUT2D eigenvalue weighted by atomic mass is 9.96. The van der Waals surface area contributed by atoms with Crippen LogP contribution in [0.25, 0.3) is 0 Å². The van der Waals surface area contributed by atoms with Crippen LogP contribution in [0.2, 0.25) is 0 Å². The second-order valence-corrected chi connectivity index (χ2v) is 10.0. The van der Waals surface area contributed by atoms with Crippen molar-refractivity contribution >= 4 is 40.6 Å². The fourth-order valence-corrected chi connectivity index (χ4v) is 5.22. The van der Waals surface area contributed by atoms with E-state index >= 15 is 0 Å². The monoisotopic (exact) mass is 537 g/mol. The quantitative estimate of drug-likeness (QED) is 0.398. The molecule has 0 radical (unpaired) electrons. The lowest BCUT2D eigenvalue weighted by Crippen LogP contribution is -2.58. The van der Waals surface area contributed by atoms with Gasteiger partial charge in [-0.05, 0) is 57.0 Å². The predicted molar refractivity (Wildman–Crippen MR) is 154 cm³/mol. The number of benzodiazepines with no additional fused rings is 1. The molecule has 5 rings (SSSR count). The Morgan fingerprint density at radius 3 is 2.45 bits per heavy atom. The second kappa shape index (κ2) is 11.6. The zero-order valence-corrected chi connectivity index (χ0v) is 22.4. The number of aryl methyl sites for hydroxylation is 1. The highest BCUT2D eigenvalue weighted by Gasteiger charge is 2.44. The Kier molecular flexibility index (Phi) is 7.84. The Labute approximate surface area is 232 Å². The summed E-state index contributed by atoms with van der Waals surface area (Å²) in [5, 5.41) is 8.57. The molecule has 40 heavy (non-hydrogen) atoms. The molecule has 9 heteroatoms. The highest BCUT2D eigenvalue weighted by atomic mass is 16.2. The van der Waals surface area contributed by atoms with E-state index in [0.29, 0.717) is 35.6 Å². The largest absolute Gasteiger partial charge is 0.321 e. The van der Waals surface area contributed by atoms with Crippen LogP contribution in [0.4, 0.5) is 16.2 Å². The summed E-state index contributed by atoms with van der Waals surface area (Å²) in [6.07, 6.45) is -0.0204. The van der Waals surface area contributed by atoms with Crippen LogP contribution in [-0.4, -0.2) is 54.0 Å². The Balaban J connectivity index is 1.60. The van der Waals surface area contributed by atoms with E-state index in [1.54, 1.807) is 36.4 Å². The molecule has 0 saturated carbocycles. The standard InChI is InChI=1S/C31H31N5O4/c1-19-10-8-13-22(18-19)33-31(40)35-29-30(39)36(27(20(2)37)28(38)24-15-9-17-32-24)25-16-7-6-14-23(25)26(34-29)21-11-4-3-5-12-21/h3-8,10-14,16,18,24,27,29,32H,9,15,17H2,1-2H3,(H2,33,35,40)/t24-,27?,29?/m0/s1. The number of fused-ring (bicyclic) bond motifs is 1. The molecule has 1 fully saturated rings. The number of nitrogens with zero attached hydrogens (tertiary/aromatic N) is 2. The molecule has 3 amide bonds. The maximum Gasteiger partial charge on any atom is 0.321 e. The van der Waals surface area contributed by atoms with Crippen LogP contribution < -0.4 is 20.9 Å². The van der Waals surface area contributed by atoms with E-state index in [1.165, 1.54) is 11.8 Å². The van der Waals surface area contributed by atoms with E-state index < -0.39 is 36.0 Å². The van der Waals surface area contributed by atoms with Gasteiger partial charge < -0.3 is 16.0 Å². The van der Waals surface area contributed by atoms with Crippen molar-refractivity contribution in [3.05, 3.63) is 95.6 Å². The van der Waals surface area contributed by atoms with Crippen LogP contribution >= 0.6 is 0 Å². The SMILES string of the molecule is CC(=O)C(C(=O)[C@@H]1CCCN1)N1C(=O)C(NC(=O)Nc2cccc(C)c2)N=C(c2ccccc2)c2ccccc21. The Morgan fingerprint density at radius 1 is 1.00 bits per heavy atom. The van der Waals surface area contributed by atoms with E-state index in [2.05, 4.69) is 16.0 Å². The maximum atomic E-state index is 14.2. The van der Waals surface area contributed by atoms with Crippen LogP contribution in [0, 0.1) is 6.92 Å². The number of ketones is 2. The molecule has 0 aromatic heterocycles. The Hall–Kier alpha value is -4.63. The average molecular weight is 538 g/mol. The summed E-state index contributed by atoms with van der Waals surface area (Å²) in [5.74, 6) is -1.52. The summed E-state index contributed by atoms with van der Waals surface area (Å²) in [4.78, 5) is 60.1. The van der Waals surface area contributed by atoms with Crippen LogP contribution in [0.1, 0.15) is 36.5 Å². The molecule has 3 N–H and O–H groups in total. The Bertz CT molecular complexity index is 1480. The van der Waals surface area contributed by atoms with Gasteiger partial charge in [0.25, 0.3) is 5.91 Å². The smallest absolute Gasteiger partial charge is 0.308 e. The first-order valence-corrected chi connectivity index (χ1v) is 13.3. The molecule has 2 heterocycles. The number of anilines is 2. The average Bonchev–Trinajstić information content (AvgIpc) is 3.45. The zero-order chi connectivity index (χ0) is 28.2. The number of urea groups is 1. The van der Waals surface area contributed by atoms with Gasteiger partial charge in [0.15, 0.2) is 17.6 Å². The van der Waals surface area contributed by atoms with Gasteiger partial charge in [-0.1, -0.05) is 60.7 Å². The minimum atomic E-state index is -1.40. The van der Waals surface area contributed by atoms with Crippen molar-refractivity contribution in [1.82, 2.24) is 10.6 Å². The number of hydrogen-bond acceptors (Lipinski definition) is 6. The number of amides is 3. The van der Waals surface area contributed by atoms with Crippen LogP contribution in [0.3, 0.4) is 0 Å². The summed E-state index contributed by atoms with van der Waals surface area (Å²) in [5.41, 5.74) is 3.64. The number of nitrogens with one attached hydrogen (secondary N) is 3. The first kappa shape index (κ1) is 27.0. The van der Waals surface area contributed by atoms with Crippen molar-refractivity contribution in [2.24, 2.45) is 4.99 Å². The van der Waals surface area contributed by atoms with Crippen molar-refractivity contribution in [2.45, 2.75) is 44.9 Å². The zero-order valence-electron chi connectivity index (χ0n) is 22.4. The summed E-state index contributed by atoms with van der Waals surface area (Å²) in [6.45, 7) is 3.88. The van der Waals surface area contributed by atoms with E-state index in [4.69, 9.17) is 4.99 Å². The third-order valence-electron chi connectivity index (χ3n) is 7.06. The molecular weight excluding hydrogens is 506 g/mol. The van der Waals surface area contributed by atoms with E-state index in [-0.39, 0.29) is 5.78 Å². The molecule has 3 aromatic rings. The van der Waals surface area contributed by atoms with Gasteiger partial charge in [0.05, 0.1) is 17.4 Å². The number of carbonyl (C=O) groups excluding carboxylic acids is 4. The molecule has 0 bridgehead atoms. The van der Waals surface area contributed by atoms with Gasteiger partial charge >= 0.3 is 6.03 Å². The summed E-state index contributed by atoms with van der Waals surface area (Å²) < 4.78 is 0. The Morgan fingerprint density at radius 2 is 1.75 bits per heavy atom. The molecule has 204 valence electrons. The molecular formula is C31H31N5O4. The molecule has 3 aromatic carbocycles. The lowest BCUT2D eigenvalue weighted by molar-refractivity contribution is -0.132. The fourth-order valence-electron chi connectivity index (χ4n) is 5.22. The van der Waals surface area contributed by atoms with Crippen LogP contribution in [0.5, 0.6) is 0 Å². The highest BCUT2D eigenvalue weighted by molar-refractivity contribution is 6.24. The van der Waals surface area contributed by atoms with Crippen molar-refractivity contribution in [3.63, 3.8) is 0 Å². The molecule has 2 unspecified atom stereocenters. The van der Waals surface area contributed by atoms with Gasteiger partial charge in [0.1, 0.15) is 0 Å². The van der Waals surface area contributed by atoms with Gasteiger partial charge in [-0.3, -0.25) is 19.3 Å². The summed E-state index contributed by atoms with van der Waals surface area (Å²) in [6, 6.07) is 21.0. The number of carbonyl (C=O) groups is 4. The number of para-hydroxylation sites is 1. The first-order chi connectivity index (χ1) is 19.3. The summed E-state index contributed by atoms with van der Waals surface area (Å²) >= 11 is 0.